The second kappa shape index (κ2) is 10.4. The fraction of sp³-hybridized carbons (Fsp3) is 0.435. The third kappa shape index (κ3) is 5.41. The van der Waals surface area contributed by atoms with Gasteiger partial charge in [0.25, 0.3) is 0 Å². The molecule has 1 fully saturated rings. The van der Waals surface area contributed by atoms with E-state index in [0.29, 0.717) is 13.2 Å². The summed E-state index contributed by atoms with van der Waals surface area (Å²) in [5.74, 6) is 1.06. The summed E-state index contributed by atoms with van der Waals surface area (Å²) in [6.45, 7) is 10.2. The lowest BCUT2D eigenvalue weighted by molar-refractivity contribution is 0.0652. The van der Waals surface area contributed by atoms with Crippen molar-refractivity contribution in [3.8, 4) is 0 Å². The van der Waals surface area contributed by atoms with Gasteiger partial charge in [0.1, 0.15) is 5.84 Å². The van der Waals surface area contributed by atoms with Gasteiger partial charge in [-0.25, -0.2) is 4.99 Å². The van der Waals surface area contributed by atoms with Crippen LogP contribution in [0.5, 0.6) is 0 Å². The standard InChI is InChI=1S/C23H31N3O2/c1-19-7-3-5-9-21(19)23(24-22-10-6-4-8-20(22)2)26-13-11-25(12-14-26)15-17-28-18-16-27/h3-10,27H,11-18H2,1-2H3. The summed E-state index contributed by atoms with van der Waals surface area (Å²) in [7, 11) is 0. The minimum atomic E-state index is 0.0862. The Morgan fingerprint density at radius 3 is 2.29 bits per heavy atom. The van der Waals surface area contributed by atoms with E-state index in [2.05, 4.69) is 66.1 Å². The second-order valence-electron chi connectivity index (χ2n) is 7.20. The number of hydrogen-bond acceptors (Lipinski definition) is 4. The molecule has 1 saturated heterocycles. The van der Waals surface area contributed by atoms with Crippen molar-refractivity contribution in [2.45, 2.75) is 13.8 Å². The molecule has 1 N–H and O–H groups in total. The number of benzene rings is 2. The normalized spacial score (nSPS) is 15.8. The predicted molar refractivity (Wildman–Crippen MR) is 114 cm³/mol. The molecule has 1 heterocycles. The summed E-state index contributed by atoms with van der Waals surface area (Å²) in [6, 6.07) is 16.8. The molecule has 150 valence electrons. The van der Waals surface area contributed by atoms with Crippen molar-refractivity contribution in [2.75, 3.05) is 52.5 Å². The zero-order valence-corrected chi connectivity index (χ0v) is 17.0. The second-order valence-corrected chi connectivity index (χ2v) is 7.20. The van der Waals surface area contributed by atoms with Crippen molar-refractivity contribution < 1.29 is 9.84 Å². The fourth-order valence-corrected chi connectivity index (χ4v) is 3.47. The van der Waals surface area contributed by atoms with Gasteiger partial charge in [0.05, 0.1) is 25.5 Å². The zero-order valence-electron chi connectivity index (χ0n) is 17.0. The number of aryl methyl sites for hydroxylation is 2. The molecule has 2 aromatic carbocycles. The van der Waals surface area contributed by atoms with Gasteiger partial charge in [-0.2, -0.15) is 0 Å². The van der Waals surface area contributed by atoms with Crippen molar-refractivity contribution in [1.82, 2.24) is 9.80 Å². The van der Waals surface area contributed by atoms with E-state index < -0.39 is 0 Å². The molecular weight excluding hydrogens is 350 g/mol. The highest BCUT2D eigenvalue weighted by atomic mass is 16.5. The van der Waals surface area contributed by atoms with Crippen LogP contribution in [0.1, 0.15) is 16.7 Å². The van der Waals surface area contributed by atoms with Crippen LogP contribution < -0.4 is 0 Å². The van der Waals surface area contributed by atoms with Crippen molar-refractivity contribution >= 4 is 11.5 Å². The predicted octanol–water partition coefficient (Wildman–Crippen LogP) is 3.01. The van der Waals surface area contributed by atoms with Gasteiger partial charge < -0.3 is 14.7 Å². The molecule has 2 aromatic rings. The van der Waals surface area contributed by atoms with Crippen molar-refractivity contribution in [1.29, 1.82) is 0 Å². The van der Waals surface area contributed by atoms with Crippen LogP contribution in [0, 0.1) is 13.8 Å². The monoisotopic (exact) mass is 381 g/mol. The first-order valence-corrected chi connectivity index (χ1v) is 10.1. The molecule has 28 heavy (non-hydrogen) atoms. The molecule has 1 aliphatic rings. The Morgan fingerprint density at radius 2 is 1.61 bits per heavy atom. The molecule has 0 aliphatic carbocycles. The first kappa shape index (κ1) is 20.5. The number of ether oxygens (including phenoxy) is 1. The third-order valence-electron chi connectivity index (χ3n) is 5.19. The van der Waals surface area contributed by atoms with E-state index in [1.807, 2.05) is 6.07 Å². The van der Waals surface area contributed by atoms with E-state index in [1.165, 1.54) is 16.7 Å². The number of aliphatic hydroxyl groups excluding tert-OH is 1. The molecular formula is C23H31N3O2. The summed E-state index contributed by atoms with van der Waals surface area (Å²) in [6.07, 6.45) is 0. The molecule has 0 bridgehead atoms. The maximum Gasteiger partial charge on any atom is 0.136 e. The SMILES string of the molecule is Cc1ccccc1N=C(c1ccccc1C)N1CCN(CCOCCO)CC1. The number of aliphatic hydroxyl groups is 1. The number of rotatable bonds is 7. The fourth-order valence-electron chi connectivity index (χ4n) is 3.47. The Labute approximate surface area is 168 Å². The lowest BCUT2D eigenvalue weighted by Crippen LogP contribution is -2.49. The Kier molecular flexibility index (Phi) is 7.60. The molecule has 0 amide bonds. The molecule has 0 saturated carbocycles. The summed E-state index contributed by atoms with van der Waals surface area (Å²) in [4.78, 5) is 9.91. The first-order chi connectivity index (χ1) is 13.7. The number of amidine groups is 1. The van der Waals surface area contributed by atoms with Crippen molar-refractivity contribution in [3.05, 3.63) is 65.2 Å². The molecule has 5 nitrogen and oxygen atoms in total. The topological polar surface area (TPSA) is 48.3 Å². The van der Waals surface area contributed by atoms with Gasteiger partial charge in [-0.05, 0) is 31.0 Å². The molecule has 1 aliphatic heterocycles. The van der Waals surface area contributed by atoms with Gasteiger partial charge in [-0.1, -0.05) is 42.5 Å². The van der Waals surface area contributed by atoms with Crippen LogP contribution in [0.25, 0.3) is 0 Å². The average Bonchev–Trinajstić information content (AvgIpc) is 2.72. The van der Waals surface area contributed by atoms with E-state index in [4.69, 9.17) is 14.8 Å². The minimum absolute atomic E-state index is 0.0862. The number of hydrogen-bond donors (Lipinski definition) is 1. The number of para-hydroxylation sites is 1. The summed E-state index contributed by atoms with van der Waals surface area (Å²) >= 11 is 0. The Hall–Kier alpha value is -2.21. The average molecular weight is 382 g/mol. The highest BCUT2D eigenvalue weighted by Gasteiger charge is 2.22. The van der Waals surface area contributed by atoms with Crippen LogP contribution in [0.15, 0.2) is 53.5 Å². The largest absolute Gasteiger partial charge is 0.394 e. The van der Waals surface area contributed by atoms with Crippen molar-refractivity contribution in [2.24, 2.45) is 4.99 Å². The first-order valence-electron chi connectivity index (χ1n) is 10.1. The Balaban J connectivity index is 1.76. The van der Waals surface area contributed by atoms with Crippen LogP contribution in [0.4, 0.5) is 5.69 Å². The van der Waals surface area contributed by atoms with Crippen LogP contribution in [0.2, 0.25) is 0 Å². The van der Waals surface area contributed by atoms with E-state index in [9.17, 15) is 0 Å². The summed E-state index contributed by atoms with van der Waals surface area (Å²) in [5.41, 5.74) is 4.66. The van der Waals surface area contributed by atoms with E-state index in [-0.39, 0.29) is 6.61 Å². The summed E-state index contributed by atoms with van der Waals surface area (Å²) < 4.78 is 5.41. The lowest BCUT2D eigenvalue weighted by Gasteiger charge is -2.37. The molecule has 0 radical (unpaired) electrons. The number of nitrogens with zero attached hydrogens (tertiary/aromatic N) is 3. The van der Waals surface area contributed by atoms with Gasteiger partial charge in [0, 0.05) is 38.3 Å². The molecule has 5 heteroatoms. The number of piperazine rings is 1. The minimum Gasteiger partial charge on any atom is -0.394 e. The molecule has 0 aromatic heterocycles. The molecule has 0 spiro atoms. The van der Waals surface area contributed by atoms with Crippen molar-refractivity contribution in [3.63, 3.8) is 0 Å². The van der Waals surface area contributed by atoms with E-state index in [0.717, 1.165) is 44.2 Å². The van der Waals surface area contributed by atoms with Crippen LogP contribution in [-0.4, -0.2) is 73.3 Å². The smallest absolute Gasteiger partial charge is 0.136 e. The molecule has 0 unspecified atom stereocenters. The van der Waals surface area contributed by atoms with Crippen LogP contribution >= 0.6 is 0 Å². The van der Waals surface area contributed by atoms with Gasteiger partial charge >= 0.3 is 0 Å². The lowest BCUT2D eigenvalue weighted by atomic mass is 10.1. The van der Waals surface area contributed by atoms with Gasteiger partial charge in [0.15, 0.2) is 0 Å². The third-order valence-corrected chi connectivity index (χ3v) is 5.19. The molecule has 3 rings (SSSR count). The Morgan fingerprint density at radius 1 is 0.929 bits per heavy atom. The van der Waals surface area contributed by atoms with E-state index >= 15 is 0 Å². The van der Waals surface area contributed by atoms with Gasteiger partial charge in [-0.3, -0.25) is 4.90 Å². The Bertz CT molecular complexity index is 783. The van der Waals surface area contributed by atoms with E-state index in [1.54, 1.807) is 0 Å². The molecule has 0 atom stereocenters. The van der Waals surface area contributed by atoms with Gasteiger partial charge in [0.2, 0.25) is 0 Å². The van der Waals surface area contributed by atoms with Gasteiger partial charge in [-0.15, -0.1) is 0 Å². The van der Waals surface area contributed by atoms with Crippen LogP contribution in [-0.2, 0) is 4.74 Å². The van der Waals surface area contributed by atoms with Crippen LogP contribution in [0.3, 0.4) is 0 Å². The highest BCUT2D eigenvalue weighted by molar-refractivity contribution is 6.01. The summed E-state index contributed by atoms with van der Waals surface area (Å²) in [5, 5.41) is 8.81. The quantitative estimate of drug-likeness (QED) is 0.455. The zero-order chi connectivity index (χ0) is 19.8. The maximum absolute atomic E-state index is 8.81. The maximum atomic E-state index is 8.81. The highest BCUT2D eigenvalue weighted by Crippen LogP contribution is 2.22. The number of aliphatic imine (C=N–C) groups is 1.